The molecule has 0 amide bonds. The van der Waals surface area contributed by atoms with Gasteiger partial charge >= 0.3 is 5.97 Å². The highest BCUT2D eigenvalue weighted by atomic mass is 31.1. The SMILES string of the molecule is CC/C(=C\Cc1c(O)c2c(c(C)c1CC)COC2=O)CPO. The van der Waals surface area contributed by atoms with E-state index < -0.39 is 5.97 Å². The lowest BCUT2D eigenvalue weighted by Gasteiger charge is -2.16. The van der Waals surface area contributed by atoms with Crippen LogP contribution in [0.3, 0.4) is 0 Å². The van der Waals surface area contributed by atoms with Gasteiger partial charge < -0.3 is 14.7 Å². The van der Waals surface area contributed by atoms with Crippen LogP contribution in [-0.4, -0.2) is 22.1 Å². The van der Waals surface area contributed by atoms with Gasteiger partial charge in [0.05, 0.1) is 0 Å². The summed E-state index contributed by atoms with van der Waals surface area (Å²) in [6.45, 7) is 6.34. The zero-order valence-electron chi connectivity index (χ0n) is 13.3. The summed E-state index contributed by atoms with van der Waals surface area (Å²) in [4.78, 5) is 21.0. The molecule has 1 aromatic rings. The first-order valence-corrected chi connectivity index (χ1v) is 8.78. The van der Waals surface area contributed by atoms with E-state index in [9.17, 15) is 9.90 Å². The van der Waals surface area contributed by atoms with E-state index in [1.807, 2.05) is 6.92 Å². The number of cyclic esters (lactones) is 1. The number of phenolic OH excluding ortho intramolecular Hbond substituents is 1. The van der Waals surface area contributed by atoms with Crippen LogP contribution in [0.15, 0.2) is 11.6 Å². The molecule has 2 rings (SSSR count). The van der Waals surface area contributed by atoms with Gasteiger partial charge in [0, 0.05) is 26.1 Å². The van der Waals surface area contributed by atoms with E-state index in [1.165, 1.54) is 5.57 Å². The summed E-state index contributed by atoms with van der Waals surface area (Å²) < 4.78 is 5.08. The predicted octanol–water partition coefficient (Wildman–Crippen LogP) is 3.40. The topological polar surface area (TPSA) is 66.8 Å². The lowest BCUT2D eigenvalue weighted by Crippen LogP contribution is -2.04. The maximum absolute atomic E-state index is 11.9. The molecule has 0 aromatic heterocycles. The van der Waals surface area contributed by atoms with Crippen LogP contribution in [0.4, 0.5) is 0 Å². The zero-order valence-corrected chi connectivity index (χ0v) is 14.3. The number of rotatable bonds is 6. The fourth-order valence-electron chi connectivity index (χ4n) is 3.03. The molecule has 120 valence electrons. The van der Waals surface area contributed by atoms with Crippen molar-refractivity contribution in [2.24, 2.45) is 0 Å². The number of hydrogen-bond donors (Lipinski definition) is 2. The van der Waals surface area contributed by atoms with Gasteiger partial charge in [0.15, 0.2) is 0 Å². The lowest BCUT2D eigenvalue weighted by molar-refractivity contribution is 0.0533. The second kappa shape index (κ2) is 7.26. The molecule has 0 spiro atoms. The minimum Gasteiger partial charge on any atom is -0.507 e. The summed E-state index contributed by atoms with van der Waals surface area (Å²) >= 11 is 0. The third kappa shape index (κ3) is 3.04. The third-order valence-electron chi connectivity index (χ3n) is 4.35. The number of phenols is 1. The Bertz CT molecular complexity index is 620. The van der Waals surface area contributed by atoms with Crippen molar-refractivity contribution in [1.82, 2.24) is 0 Å². The molecule has 0 fully saturated rings. The normalized spacial score (nSPS) is 14.7. The number of esters is 1. The number of hydrogen-bond acceptors (Lipinski definition) is 4. The number of benzene rings is 1. The van der Waals surface area contributed by atoms with Crippen molar-refractivity contribution in [3.05, 3.63) is 39.5 Å². The van der Waals surface area contributed by atoms with Gasteiger partial charge in [-0.05, 0) is 37.3 Å². The average Bonchev–Trinajstić information content (AvgIpc) is 2.90. The van der Waals surface area contributed by atoms with Gasteiger partial charge in [-0.25, -0.2) is 4.79 Å². The molecule has 2 N–H and O–H groups in total. The van der Waals surface area contributed by atoms with Crippen LogP contribution in [0.5, 0.6) is 5.75 Å². The van der Waals surface area contributed by atoms with Crippen molar-refractivity contribution in [2.45, 2.75) is 46.6 Å². The number of aromatic hydroxyl groups is 1. The molecule has 0 radical (unpaired) electrons. The average molecular weight is 322 g/mol. The minimum absolute atomic E-state index is 0.0677. The van der Waals surface area contributed by atoms with Crippen molar-refractivity contribution in [3.8, 4) is 5.75 Å². The Morgan fingerprint density at radius 1 is 1.36 bits per heavy atom. The van der Waals surface area contributed by atoms with E-state index in [0.29, 0.717) is 18.1 Å². The van der Waals surface area contributed by atoms with E-state index in [2.05, 4.69) is 19.9 Å². The molecule has 4 nitrogen and oxygen atoms in total. The summed E-state index contributed by atoms with van der Waals surface area (Å²) in [6.07, 6.45) is 4.98. The fourth-order valence-corrected chi connectivity index (χ4v) is 3.63. The van der Waals surface area contributed by atoms with Crippen LogP contribution < -0.4 is 0 Å². The zero-order chi connectivity index (χ0) is 16.3. The van der Waals surface area contributed by atoms with E-state index in [4.69, 9.17) is 9.63 Å². The third-order valence-corrected chi connectivity index (χ3v) is 4.97. The molecule has 1 unspecified atom stereocenters. The van der Waals surface area contributed by atoms with Gasteiger partial charge in [-0.15, -0.1) is 0 Å². The van der Waals surface area contributed by atoms with E-state index >= 15 is 0 Å². The molecule has 0 aliphatic carbocycles. The van der Waals surface area contributed by atoms with Crippen molar-refractivity contribution in [3.63, 3.8) is 0 Å². The summed E-state index contributed by atoms with van der Waals surface area (Å²) in [6, 6.07) is 0. The quantitative estimate of drug-likeness (QED) is 0.478. The van der Waals surface area contributed by atoms with Gasteiger partial charge in [-0.2, -0.15) is 0 Å². The lowest BCUT2D eigenvalue weighted by atomic mass is 9.89. The Hall–Kier alpha value is -1.38. The van der Waals surface area contributed by atoms with Crippen LogP contribution in [0.2, 0.25) is 0 Å². The summed E-state index contributed by atoms with van der Waals surface area (Å²) in [5.41, 5.74) is 5.27. The number of carbonyl (C=O) groups excluding carboxylic acids is 1. The Morgan fingerprint density at radius 3 is 2.68 bits per heavy atom. The first kappa shape index (κ1) is 17.0. The number of allylic oxidation sites excluding steroid dienone is 2. The second-order valence-corrected chi connectivity index (χ2v) is 6.14. The molecule has 5 heteroatoms. The maximum Gasteiger partial charge on any atom is 0.342 e. The maximum atomic E-state index is 11.9. The molecule has 0 saturated heterocycles. The van der Waals surface area contributed by atoms with Crippen molar-refractivity contribution < 1.29 is 19.5 Å². The first-order chi connectivity index (χ1) is 10.5. The molecule has 1 heterocycles. The molecule has 22 heavy (non-hydrogen) atoms. The van der Waals surface area contributed by atoms with Gasteiger partial charge in [0.1, 0.15) is 17.9 Å². The predicted molar refractivity (Wildman–Crippen MR) is 88.8 cm³/mol. The molecular formula is C17H23O4P. The highest BCUT2D eigenvalue weighted by Gasteiger charge is 2.30. The Morgan fingerprint density at radius 2 is 2.09 bits per heavy atom. The van der Waals surface area contributed by atoms with Crippen molar-refractivity contribution in [1.29, 1.82) is 0 Å². The van der Waals surface area contributed by atoms with Crippen molar-refractivity contribution in [2.75, 3.05) is 6.16 Å². The Balaban J connectivity index is 2.49. The van der Waals surface area contributed by atoms with Crippen LogP contribution >= 0.6 is 8.81 Å². The van der Waals surface area contributed by atoms with E-state index in [1.54, 1.807) is 0 Å². The first-order valence-electron chi connectivity index (χ1n) is 7.63. The number of fused-ring (bicyclic) bond motifs is 1. The monoisotopic (exact) mass is 322 g/mol. The molecular weight excluding hydrogens is 299 g/mol. The van der Waals surface area contributed by atoms with Crippen LogP contribution in [0, 0.1) is 6.92 Å². The number of ether oxygens (including phenoxy) is 1. The van der Waals surface area contributed by atoms with Crippen LogP contribution in [0.25, 0.3) is 0 Å². The Kier molecular flexibility index (Phi) is 5.60. The van der Waals surface area contributed by atoms with Crippen LogP contribution in [-0.2, 0) is 24.2 Å². The van der Waals surface area contributed by atoms with Gasteiger partial charge in [-0.3, -0.25) is 0 Å². The summed E-state index contributed by atoms with van der Waals surface area (Å²) in [7, 11) is -0.0984. The van der Waals surface area contributed by atoms with E-state index in [-0.39, 0.29) is 21.2 Å². The minimum atomic E-state index is -0.434. The highest BCUT2D eigenvalue weighted by Crippen LogP contribution is 2.38. The summed E-state index contributed by atoms with van der Waals surface area (Å²) in [5.74, 6) is -0.367. The van der Waals surface area contributed by atoms with Crippen molar-refractivity contribution >= 4 is 14.8 Å². The summed E-state index contributed by atoms with van der Waals surface area (Å²) in [5, 5.41) is 10.6. The molecule has 1 atom stereocenters. The molecule has 1 aliphatic rings. The van der Waals surface area contributed by atoms with Crippen LogP contribution in [0.1, 0.15) is 52.9 Å². The molecule has 0 saturated carbocycles. The smallest absolute Gasteiger partial charge is 0.342 e. The largest absolute Gasteiger partial charge is 0.507 e. The molecule has 1 aromatic carbocycles. The Labute approximate surface area is 133 Å². The van der Waals surface area contributed by atoms with Gasteiger partial charge in [0.2, 0.25) is 0 Å². The fraction of sp³-hybridized carbons (Fsp3) is 0.471. The second-order valence-electron chi connectivity index (χ2n) is 5.47. The number of carbonyl (C=O) groups is 1. The highest BCUT2D eigenvalue weighted by molar-refractivity contribution is 7.31. The molecule has 1 aliphatic heterocycles. The molecule has 0 bridgehead atoms. The van der Waals surface area contributed by atoms with Gasteiger partial charge in [-0.1, -0.05) is 25.5 Å². The van der Waals surface area contributed by atoms with Gasteiger partial charge in [0.25, 0.3) is 0 Å². The van der Waals surface area contributed by atoms with E-state index in [0.717, 1.165) is 35.1 Å². The standard InChI is InChI=1S/C17H23O4P/c1-4-11(9-22-20)6-7-13-12(5-2)10(3)14-8-21-17(19)15(14)16(13)18/h6,18,20,22H,4-5,7-9H2,1-3H3/b11-6+.